The summed E-state index contributed by atoms with van der Waals surface area (Å²) in [5, 5.41) is 0. The molecule has 1 heterocycles. The van der Waals surface area contributed by atoms with Crippen LogP contribution in [0.4, 0.5) is 0 Å². The van der Waals surface area contributed by atoms with Gasteiger partial charge in [-0.2, -0.15) is 13.0 Å². The first kappa shape index (κ1) is 16.4. The molecule has 2 rings (SSSR count). The van der Waals surface area contributed by atoms with Crippen molar-refractivity contribution in [2.45, 2.75) is 17.8 Å². The standard InChI is InChI=1S/C10H12NS2.CH4O4S/c1-3-11-8-6-4-5-7-9(8)13-10(11)12-2;1-5-6(2,3)4/h4-7H,3H2,1-2H3;1H3,(H,2,3,4)/q+1;. The zero-order valence-corrected chi connectivity index (χ0v) is 13.3. The maximum atomic E-state index is 9.33. The highest BCUT2D eigenvalue weighted by atomic mass is 32.3. The summed E-state index contributed by atoms with van der Waals surface area (Å²) < 4.78 is 34.8. The van der Waals surface area contributed by atoms with Crippen LogP contribution < -0.4 is 4.57 Å². The second kappa shape index (κ2) is 7.20. The van der Waals surface area contributed by atoms with E-state index in [0.29, 0.717) is 0 Å². The molecule has 106 valence electrons. The van der Waals surface area contributed by atoms with Crippen molar-refractivity contribution in [3.8, 4) is 0 Å². The van der Waals surface area contributed by atoms with Crippen molar-refractivity contribution in [2.75, 3.05) is 13.4 Å². The molecule has 0 saturated heterocycles. The Morgan fingerprint density at radius 1 is 1.42 bits per heavy atom. The minimum absolute atomic E-state index is 0.870. The molecule has 0 atom stereocenters. The zero-order valence-electron chi connectivity index (χ0n) is 10.9. The van der Waals surface area contributed by atoms with E-state index in [0.717, 1.165) is 13.7 Å². The minimum atomic E-state index is -4.16. The van der Waals surface area contributed by atoms with Gasteiger partial charge in [-0.25, -0.2) is 0 Å². The molecule has 0 unspecified atom stereocenters. The Morgan fingerprint density at radius 3 is 2.47 bits per heavy atom. The van der Waals surface area contributed by atoms with Gasteiger partial charge in [-0.1, -0.05) is 23.5 Å². The van der Waals surface area contributed by atoms with Crippen molar-refractivity contribution < 1.29 is 21.7 Å². The van der Waals surface area contributed by atoms with Crippen LogP contribution >= 0.6 is 23.1 Å². The third-order valence-electron chi connectivity index (χ3n) is 2.28. The second-order valence-electron chi connectivity index (χ2n) is 3.38. The first-order chi connectivity index (χ1) is 8.92. The minimum Gasteiger partial charge on any atom is -0.264 e. The Kier molecular flexibility index (Phi) is 6.21. The van der Waals surface area contributed by atoms with Gasteiger partial charge < -0.3 is 0 Å². The summed E-state index contributed by atoms with van der Waals surface area (Å²) in [4.78, 5) is 0. The Balaban J connectivity index is 0.000000258. The molecule has 0 saturated carbocycles. The highest BCUT2D eigenvalue weighted by Crippen LogP contribution is 2.25. The number of thioether (sulfide) groups is 1. The molecule has 1 aromatic heterocycles. The molecular formula is C11H16NO4S3+. The van der Waals surface area contributed by atoms with E-state index in [-0.39, 0.29) is 0 Å². The van der Waals surface area contributed by atoms with Crippen molar-refractivity contribution in [2.24, 2.45) is 0 Å². The van der Waals surface area contributed by atoms with E-state index in [4.69, 9.17) is 4.55 Å². The summed E-state index contributed by atoms with van der Waals surface area (Å²) in [7, 11) is -3.29. The Hall–Kier alpha value is -0.670. The molecule has 0 bridgehead atoms. The molecule has 5 nitrogen and oxygen atoms in total. The molecule has 0 spiro atoms. The molecule has 1 N–H and O–H groups in total. The topological polar surface area (TPSA) is 67.5 Å². The van der Waals surface area contributed by atoms with Crippen LogP contribution in [0, 0.1) is 0 Å². The van der Waals surface area contributed by atoms with E-state index >= 15 is 0 Å². The number of fused-ring (bicyclic) bond motifs is 1. The molecule has 19 heavy (non-hydrogen) atoms. The van der Waals surface area contributed by atoms with E-state index in [1.165, 1.54) is 14.6 Å². The van der Waals surface area contributed by atoms with Gasteiger partial charge in [0.25, 0.3) is 4.34 Å². The number of hydrogen-bond donors (Lipinski definition) is 1. The Morgan fingerprint density at radius 2 is 2.00 bits per heavy atom. The normalized spacial score (nSPS) is 11.2. The van der Waals surface area contributed by atoms with Gasteiger partial charge >= 0.3 is 10.4 Å². The maximum Gasteiger partial charge on any atom is 0.397 e. The monoisotopic (exact) mass is 322 g/mol. The molecule has 0 radical (unpaired) electrons. The SMILES string of the molecule is CC[n+]1c(SC)sc2ccccc21.COS(=O)(=O)O. The Labute approximate surface area is 121 Å². The average Bonchev–Trinajstić information content (AvgIpc) is 2.76. The predicted octanol–water partition coefficient (Wildman–Crippen LogP) is 2.37. The zero-order chi connectivity index (χ0) is 14.5. The number of aryl methyl sites for hydroxylation is 1. The molecule has 8 heteroatoms. The lowest BCUT2D eigenvalue weighted by Crippen LogP contribution is -2.32. The van der Waals surface area contributed by atoms with Crippen LogP contribution in [-0.2, 0) is 21.1 Å². The fourth-order valence-electron chi connectivity index (χ4n) is 1.47. The highest BCUT2D eigenvalue weighted by molar-refractivity contribution is 8.00. The van der Waals surface area contributed by atoms with Crippen LogP contribution in [0.1, 0.15) is 6.92 Å². The molecule has 0 fully saturated rings. The number of hydrogen-bond acceptors (Lipinski definition) is 5. The third kappa shape index (κ3) is 4.73. The lowest BCUT2D eigenvalue weighted by molar-refractivity contribution is -0.698. The molecule has 0 aliphatic rings. The van der Waals surface area contributed by atoms with Crippen molar-refractivity contribution >= 4 is 43.7 Å². The molecule has 2 aromatic rings. The number of nitrogens with zero attached hydrogens (tertiary/aromatic N) is 1. The van der Waals surface area contributed by atoms with Gasteiger partial charge in [0, 0.05) is 6.07 Å². The number of aromatic nitrogens is 1. The fourth-order valence-corrected chi connectivity index (χ4v) is 3.47. The summed E-state index contributed by atoms with van der Waals surface area (Å²) in [6, 6.07) is 8.58. The van der Waals surface area contributed by atoms with Crippen LogP contribution in [0.25, 0.3) is 10.2 Å². The van der Waals surface area contributed by atoms with Crippen LogP contribution in [0.5, 0.6) is 0 Å². The van der Waals surface area contributed by atoms with Crippen molar-refractivity contribution in [3.63, 3.8) is 0 Å². The highest BCUT2D eigenvalue weighted by Gasteiger charge is 2.16. The summed E-state index contributed by atoms with van der Waals surface area (Å²) in [6.07, 6.45) is 2.14. The van der Waals surface area contributed by atoms with Gasteiger partial charge in [0.2, 0.25) is 5.52 Å². The van der Waals surface area contributed by atoms with Crippen LogP contribution in [-0.4, -0.2) is 26.3 Å². The summed E-state index contributed by atoms with van der Waals surface area (Å²) in [5.41, 5.74) is 1.36. The molecular weight excluding hydrogens is 306 g/mol. The molecule has 1 aromatic carbocycles. The smallest absolute Gasteiger partial charge is 0.264 e. The van der Waals surface area contributed by atoms with Gasteiger partial charge in [-0.15, -0.1) is 0 Å². The van der Waals surface area contributed by atoms with E-state index in [1.54, 1.807) is 0 Å². The first-order valence-electron chi connectivity index (χ1n) is 5.41. The lowest BCUT2D eigenvalue weighted by atomic mass is 10.3. The number of rotatable bonds is 3. The van der Waals surface area contributed by atoms with E-state index in [1.807, 2.05) is 23.1 Å². The van der Waals surface area contributed by atoms with Gasteiger partial charge in [0.05, 0.1) is 7.11 Å². The third-order valence-corrected chi connectivity index (χ3v) is 4.98. The van der Waals surface area contributed by atoms with E-state index < -0.39 is 10.4 Å². The number of benzene rings is 1. The van der Waals surface area contributed by atoms with Gasteiger partial charge in [-0.3, -0.25) is 8.74 Å². The lowest BCUT2D eigenvalue weighted by Gasteiger charge is -1.90. The van der Waals surface area contributed by atoms with E-state index in [9.17, 15) is 8.42 Å². The first-order valence-corrected chi connectivity index (χ1v) is 8.82. The average molecular weight is 322 g/mol. The van der Waals surface area contributed by atoms with Crippen molar-refractivity contribution in [1.82, 2.24) is 0 Å². The number of para-hydroxylation sites is 1. The predicted molar refractivity (Wildman–Crippen MR) is 78.0 cm³/mol. The van der Waals surface area contributed by atoms with Gasteiger partial charge in [0.15, 0.2) is 0 Å². The summed E-state index contributed by atoms with van der Waals surface area (Å²) in [5.74, 6) is 0. The number of thiazole rings is 1. The van der Waals surface area contributed by atoms with Gasteiger partial charge in [0.1, 0.15) is 11.2 Å². The molecule has 0 aliphatic carbocycles. The second-order valence-corrected chi connectivity index (χ2v) is 6.65. The van der Waals surface area contributed by atoms with Crippen LogP contribution in [0.2, 0.25) is 0 Å². The summed E-state index contributed by atoms with van der Waals surface area (Å²) in [6.45, 7) is 3.25. The Bertz CT molecular complexity index is 636. The summed E-state index contributed by atoms with van der Waals surface area (Å²) >= 11 is 3.70. The van der Waals surface area contributed by atoms with Crippen molar-refractivity contribution in [3.05, 3.63) is 24.3 Å². The molecule has 0 amide bonds. The van der Waals surface area contributed by atoms with Crippen LogP contribution in [0.3, 0.4) is 0 Å². The fraction of sp³-hybridized carbons (Fsp3) is 0.364. The largest absolute Gasteiger partial charge is 0.397 e. The molecule has 0 aliphatic heterocycles. The van der Waals surface area contributed by atoms with Gasteiger partial charge in [-0.05, 0) is 31.0 Å². The quantitative estimate of drug-likeness (QED) is 0.534. The van der Waals surface area contributed by atoms with Crippen molar-refractivity contribution in [1.29, 1.82) is 0 Å². The van der Waals surface area contributed by atoms with Crippen LogP contribution in [0.15, 0.2) is 28.6 Å². The maximum absolute atomic E-state index is 9.33. The van der Waals surface area contributed by atoms with E-state index in [2.05, 4.69) is 46.2 Å².